The third-order valence-electron chi connectivity index (χ3n) is 1.42. The molecule has 0 heterocycles. The topological polar surface area (TPSA) is 12.4 Å². The van der Waals surface area contributed by atoms with Crippen LogP contribution in [0, 0.1) is 0 Å². The van der Waals surface area contributed by atoms with Crippen molar-refractivity contribution >= 4 is 17.3 Å². The van der Waals surface area contributed by atoms with Crippen molar-refractivity contribution in [3.05, 3.63) is 47.4 Å². The SMILES string of the molecule is C=C1C=C(F)C=CC1=N/C=C(\C)Cl. The number of hydrogen-bond donors (Lipinski definition) is 0. The summed E-state index contributed by atoms with van der Waals surface area (Å²) < 4.78 is 12.6. The first-order valence-electron chi connectivity index (χ1n) is 3.74. The normalized spacial score (nSPS) is 20.8. The number of halogens is 2. The Bertz CT molecular complexity index is 344. The minimum atomic E-state index is -0.310. The molecule has 0 saturated carbocycles. The van der Waals surface area contributed by atoms with Gasteiger partial charge in [0.15, 0.2) is 0 Å². The lowest BCUT2D eigenvalue weighted by molar-refractivity contribution is 0.666. The molecule has 0 spiro atoms. The minimum absolute atomic E-state index is 0.310. The van der Waals surface area contributed by atoms with Gasteiger partial charge < -0.3 is 0 Å². The summed E-state index contributed by atoms with van der Waals surface area (Å²) in [5.41, 5.74) is 1.18. The molecule has 0 aromatic heterocycles. The Morgan fingerprint density at radius 3 is 2.85 bits per heavy atom. The van der Waals surface area contributed by atoms with E-state index in [9.17, 15) is 4.39 Å². The molecule has 1 aliphatic carbocycles. The van der Waals surface area contributed by atoms with E-state index in [1.54, 1.807) is 13.0 Å². The first-order chi connectivity index (χ1) is 6.09. The van der Waals surface area contributed by atoms with Crippen molar-refractivity contribution in [2.45, 2.75) is 6.92 Å². The van der Waals surface area contributed by atoms with Gasteiger partial charge in [0.2, 0.25) is 0 Å². The average molecular weight is 198 g/mol. The van der Waals surface area contributed by atoms with Gasteiger partial charge in [-0.05, 0) is 30.7 Å². The highest BCUT2D eigenvalue weighted by Gasteiger charge is 2.04. The van der Waals surface area contributed by atoms with Gasteiger partial charge in [0, 0.05) is 11.2 Å². The Morgan fingerprint density at radius 2 is 2.31 bits per heavy atom. The lowest BCUT2D eigenvalue weighted by Crippen LogP contribution is -1.99. The van der Waals surface area contributed by atoms with Crippen LogP contribution in [0.5, 0.6) is 0 Å². The number of allylic oxidation sites excluding steroid dienone is 6. The van der Waals surface area contributed by atoms with Crippen molar-refractivity contribution in [1.29, 1.82) is 0 Å². The number of aliphatic imine (C=N–C) groups is 1. The van der Waals surface area contributed by atoms with Crippen LogP contribution in [0.15, 0.2) is 52.4 Å². The summed E-state index contributed by atoms with van der Waals surface area (Å²) in [6, 6.07) is 0. The van der Waals surface area contributed by atoms with E-state index >= 15 is 0 Å². The summed E-state index contributed by atoms with van der Waals surface area (Å²) in [7, 11) is 0. The quantitative estimate of drug-likeness (QED) is 0.610. The van der Waals surface area contributed by atoms with Crippen molar-refractivity contribution < 1.29 is 4.39 Å². The van der Waals surface area contributed by atoms with E-state index in [0.717, 1.165) is 0 Å². The zero-order valence-electron chi connectivity index (χ0n) is 7.22. The Labute approximate surface area is 81.6 Å². The fraction of sp³-hybridized carbons (Fsp3) is 0.100. The molecule has 0 aromatic rings. The van der Waals surface area contributed by atoms with Gasteiger partial charge in [0.05, 0.1) is 5.71 Å². The molecular formula is C10H9ClFN. The molecule has 0 unspecified atom stereocenters. The highest BCUT2D eigenvalue weighted by Crippen LogP contribution is 2.13. The number of nitrogens with zero attached hydrogens (tertiary/aromatic N) is 1. The Kier molecular flexibility index (Phi) is 3.20. The van der Waals surface area contributed by atoms with E-state index in [1.807, 2.05) is 0 Å². The van der Waals surface area contributed by atoms with Gasteiger partial charge in [-0.3, -0.25) is 4.99 Å². The summed E-state index contributed by atoms with van der Waals surface area (Å²) in [6.45, 7) is 5.37. The van der Waals surface area contributed by atoms with E-state index in [2.05, 4.69) is 11.6 Å². The molecule has 0 aliphatic heterocycles. The van der Waals surface area contributed by atoms with Crippen molar-refractivity contribution in [3.63, 3.8) is 0 Å². The molecule has 3 heteroatoms. The van der Waals surface area contributed by atoms with Crippen molar-refractivity contribution in [3.8, 4) is 0 Å². The van der Waals surface area contributed by atoms with Crippen LogP contribution in [0.2, 0.25) is 0 Å². The third-order valence-corrected chi connectivity index (χ3v) is 1.52. The molecule has 0 amide bonds. The van der Waals surface area contributed by atoms with Crippen molar-refractivity contribution in [2.24, 2.45) is 4.99 Å². The van der Waals surface area contributed by atoms with Crippen LogP contribution >= 0.6 is 11.6 Å². The predicted molar refractivity (Wildman–Crippen MR) is 54.5 cm³/mol. The maximum atomic E-state index is 12.6. The first kappa shape index (κ1) is 9.93. The number of rotatable bonds is 1. The van der Waals surface area contributed by atoms with E-state index in [4.69, 9.17) is 11.6 Å². The van der Waals surface area contributed by atoms with Gasteiger partial charge >= 0.3 is 0 Å². The summed E-state index contributed by atoms with van der Waals surface area (Å²) in [5.74, 6) is -0.310. The van der Waals surface area contributed by atoms with E-state index in [0.29, 0.717) is 16.3 Å². The van der Waals surface area contributed by atoms with Crippen LogP contribution in [0.25, 0.3) is 0 Å². The Morgan fingerprint density at radius 1 is 1.62 bits per heavy atom. The van der Waals surface area contributed by atoms with Gasteiger partial charge in [0.1, 0.15) is 5.83 Å². The molecule has 13 heavy (non-hydrogen) atoms. The molecular weight excluding hydrogens is 189 g/mol. The van der Waals surface area contributed by atoms with Crippen LogP contribution in [0.3, 0.4) is 0 Å². The van der Waals surface area contributed by atoms with Gasteiger partial charge in [-0.2, -0.15) is 0 Å². The molecule has 0 atom stereocenters. The third kappa shape index (κ3) is 2.99. The van der Waals surface area contributed by atoms with Crippen LogP contribution in [0.1, 0.15) is 6.92 Å². The Balaban J connectivity index is 2.87. The van der Waals surface area contributed by atoms with Gasteiger partial charge in [-0.25, -0.2) is 4.39 Å². The standard InChI is InChI=1S/C10H9ClFN/c1-7-5-9(12)3-4-10(7)13-6-8(2)11/h3-6H,1H2,2H3/b8-6+,13-10?. The monoisotopic (exact) mass is 197 g/mol. The van der Waals surface area contributed by atoms with Crippen LogP contribution in [0.4, 0.5) is 4.39 Å². The first-order valence-corrected chi connectivity index (χ1v) is 4.12. The second-order valence-corrected chi connectivity index (χ2v) is 3.21. The lowest BCUT2D eigenvalue weighted by Gasteiger charge is -2.03. The molecule has 1 rings (SSSR count). The molecule has 1 aliphatic rings. The molecule has 0 fully saturated rings. The van der Waals surface area contributed by atoms with Crippen LogP contribution in [-0.4, -0.2) is 5.71 Å². The largest absolute Gasteiger partial charge is 0.255 e. The zero-order chi connectivity index (χ0) is 9.84. The molecule has 1 nitrogen and oxygen atoms in total. The molecule has 0 aromatic carbocycles. The summed E-state index contributed by atoms with van der Waals surface area (Å²) in [5, 5.41) is 0.573. The van der Waals surface area contributed by atoms with Crippen LogP contribution < -0.4 is 0 Å². The van der Waals surface area contributed by atoms with Gasteiger partial charge in [-0.1, -0.05) is 18.2 Å². The molecule has 0 radical (unpaired) electrons. The predicted octanol–water partition coefficient (Wildman–Crippen LogP) is 3.51. The smallest absolute Gasteiger partial charge is 0.123 e. The lowest BCUT2D eigenvalue weighted by atomic mass is 10.1. The average Bonchev–Trinajstić information content (AvgIpc) is 2.02. The molecule has 0 bridgehead atoms. The minimum Gasteiger partial charge on any atom is -0.255 e. The van der Waals surface area contributed by atoms with E-state index < -0.39 is 0 Å². The van der Waals surface area contributed by atoms with Crippen molar-refractivity contribution in [2.75, 3.05) is 0 Å². The van der Waals surface area contributed by atoms with Crippen molar-refractivity contribution in [1.82, 2.24) is 0 Å². The maximum absolute atomic E-state index is 12.6. The Hall–Kier alpha value is -1.15. The summed E-state index contributed by atoms with van der Waals surface area (Å²) in [6.07, 6.45) is 5.73. The van der Waals surface area contributed by atoms with Gasteiger partial charge in [-0.15, -0.1) is 0 Å². The maximum Gasteiger partial charge on any atom is 0.123 e. The summed E-state index contributed by atoms with van der Waals surface area (Å²) in [4.78, 5) is 4.02. The van der Waals surface area contributed by atoms with E-state index in [1.165, 1.54) is 18.4 Å². The highest BCUT2D eigenvalue weighted by atomic mass is 35.5. The fourth-order valence-electron chi connectivity index (χ4n) is 0.839. The highest BCUT2D eigenvalue weighted by molar-refractivity contribution is 6.29. The summed E-state index contributed by atoms with van der Waals surface area (Å²) >= 11 is 5.58. The zero-order valence-corrected chi connectivity index (χ0v) is 7.98. The van der Waals surface area contributed by atoms with Gasteiger partial charge in [0.25, 0.3) is 0 Å². The molecule has 0 N–H and O–H groups in total. The van der Waals surface area contributed by atoms with Crippen LogP contribution in [-0.2, 0) is 0 Å². The molecule has 68 valence electrons. The molecule has 0 saturated heterocycles. The second kappa shape index (κ2) is 4.19. The fourth-order valence-corrected chi connectivity index (χ4v) is 0.887. The number of hydrogen-bond acceptors (Lipinski definition) is 1. The second-order valence-electron chi connectivity index (χ2n) is 2.62. The van der Waals surface area contributed by atoms with E-state index in [-0.39, 0.29) is 5.83 Å².